The molecule has 4 rings (SSSR count). The van der Waals surface area contributed by atoms with E-state index in [9.17, 15) is 23.9 Å². The summed E-state index contributed by atoms with van der Waals surface area (Å²) in [6.45, 7) is -0.214. The molecule has 0 aliphatic heterocycles. The van der Waals surface area contributed by atoms with Gasteiger partial charge in [0.05, 0.1) is 18.3 Å². The van der Waals surface area contributed by atoms with Crippen LogP contribution in [-0.4, -0.2) is 37.9 Å². The Balaban J connectivity index is 1.79. The molecule has 0 saturated heterocycles. The quantitative estimate of drug-likeness (QED) is 0.603. The molecule has 8 nitrogen and oxygen atoms in total. The van der Waals surface area contributed by atoms with Crippen molar-refractivity contribution in [3.05, 3.63) is 40.7 Å². The lowest BCUT2D eigenvalue weighted by Crippen LogP contribution is -2.49. The molecule has 0 atom stereocenters. The fraction of sp³-hybridized carbons (Fsp3) is 0.556. The highest BCUT2D eigenvalue weighted by Gasteiger charge is 2.45. The van der Waals surface area contributed by atoms with Gasteiger partial charge in [-0.1, -0.05) is 12.8 Å². The second kappa shape index (κ2) is 6.77. The Morgan fingerprint density at radius 3 is 2.75 bits per heavy atom. The van der Waals surface area contributed by atoms with E-state index in [1.54, 1.807) is 0 Å². The third-order valence-electron chi connectivity index (χ3n) is 5.58. The molecule has 2 aliphatic carbocycles. The monoisotopic (exact) mass is 393 g/mol. The molecule has 1 fully saturated rings. The lowest BCUT2D eigenvalue weighted by Gasteiger charge is -2.28. The second-order valence-electron chi connectivity index (χ2n) is 7.52. The average Bonchev–Trinajstić information content (AvgIpc) is 3.27. The van der Waals surface area contributed by atoms with Gasteiger partial charge in [0.25, 0.3) is 11.8 Å². The fourth-order valence-corrected chi connectivity index (χ4v) is 4.17. The number of carbonyl (C=O) groups excluding carboxylic acids is 1. The number of fused-ring (bicyclic) bond motifs is 1. The van der Waals surface area contributed by atoms with Crippen molar-refractivity contribution in [2.75, 3.05) is 6.61 Å². The number of nitrogens with one attached hydrogen (secondary N) is 1. The predicted octanol–water partition coefficient (Wildman–Crippen LogP) is 1.36. The fourth-order valence-electron chi connectivity index (χ4n) is 4.17. The number of carbonyl (C=O) groups is 1. The van der Waals surface area contributed by atoms with E-state index in [4.69, 9.17) is 0 Å². The minimum atomic E-state index is -3.19. The van der Waals surface area contributed by atoms with Crippen molar-refractivity contribution in [2.24, 2.45) is 0 Å². The summed E-state index contributed by atoms with van der Waals surface area (Å²) in [5.41, 5.74) is -1.07. The molecule has 2 aliphatic rings. The summed E-state index contributed by atoms with van der Waals surface area (Å²) in [7, 11) is 0. The SMILES string of the molecule is O=C(NC1(CO)CCCC1)c1nn(-c2c[n+]([O-])ccn2)c2c1CCCC2(F)F. The number of amides is 1. The van der Waals surface area contributed by atoms with Crippen LogP contribution < -0.4 is 10.0 Å². The highest BCUT2D eigenvalue weighted by molar-refractivity contribution is 5.94. The number of nitrogens with zero attached hydrogens (tertiary/aromatic N) is 4. The van der Waals surface area contributed by atoms with Gasteiger partial charge in [-0.2, -0.15) is 18.6 Å². The van der Waals surface area contributed by atoms with Crippen LogP contribution >= 0.6 is 0 Å². The maximum Gasteiger partial charge on any atom is 0.290 e. The lowest BCUT2D eigenvalue weighted by atomic mass is 9.91. The summed E-state index contributed by atoms with van der Waals surface area (Å²) in [6, 6.07) is 0. The largest absolute Gasteiger partial charge is 0.619 e. The van der Waals surface area contributed by atoms with Gasteiger partial charge in [0.15, 0.2) is 11.9 Å². The van der Waals surface area contributed by atoms with Gasteiger partial charge >= 0.3 is 0 Å². The Morgan fingerprint density at radius 1 is 1.32 bits per heavy atom. The van der Waals surface area contributed by atoms with Crippen LogP contribution in [0.15, 0.2) is 18.6 Å². The molecule has 0 aromatic carbocycles. The standard InChI is InChI=1S/C18H21F2N5O3/c19-18(20)7-3-4-12-14(16(27)22-17(11-26)5-1-2-6-17)23-25(15(12)18)13-10-24(28)9-8-21-13/h8-10,26H,1-7,11H2,(H,22,27). The number of hydrogen-bond donors (Lipinski definition) is 2. The van der Waals surface area contributed by atoms with E-state index in [2.05, 4.69) is 15.4 Å². The normalized spacial score (nSPS) is 20.0. The average molecular weight is 393 g/mol. The Morgan fingerprint density at radius 2 is 2.07 bits per heavy atom. The van der Waals surface area contributed by atoms with Gasteiger partial charge in [0.1, 0.15) is 5.69 Å². The minimum Gasteiger partial charge on any atom is -0.619 e. The summed E-state index contributed by atoms with van der Waals surface area (Å²) in [5, 5.41) is 28.3. The van der Waals surface area contributed by atoms with Crippen molar-refractivity contribution in [2.45, 2.75) is 56.4 Å². The molecule has 0 spiro atoms. The van der Waals surface area contributed by atoms with E-state index in [-0.39, 0.29) is 42.9 Å². The molecule has 0 radical (unpaired) electrons. The van der Waals surface area contributed by atoms with Gasteiger partial charge in [-0.3, -0.25) is 4.79 Å². The number of halogens is 2. The lowest BCUT2D eigenvalue weighted by molar-refractivity contribution is -0.605. The second-order valence-corrected chi connectivity index (χ2v) is 7.52. The number of aromatic nitrogens is 4. The first kappa shape index (κ1) is 18.7. The third-order valence-corrected chi connectivity index (χ3v) is 5.58. The molecular weight excluding hydrogens is 372 g/mol. The summed E-state index contributed by atoms with van der Waals surface area (Å²) < 4.78 is 30.8. The van der Waals surface area contributed by atoms with Crippen molar-refractivity contribution in [3.63, 3.8) is 0 Å². The highest BCUT2D eigenvalue weighted by atomic mass is 19.3. The first-order valence-electron chi connectivity index (χ1n) is 9.34. The molecule has 10 heteroatoms. The van der Waals surface area contributed by atoms with E-state index in [0.29, 0.717) is 17.6 Å². The topological polar surface area (TPSA) is 107 Å². The Labute approximate surface area is 159 Å². The van der Waals surface area contributed by atoms with Crippen LogP contribution in [0.2, 0.25) is 0 Å². The minimum absolute atomic E-state index is 0.0767. The van der Waals surface area contributed by atoms with Crippen LogP contribution in [0.5, 0.6) is 0 Å². The Hall–Kier alpha value is -2.62. The van der Waals surface area contributed by atoms with Crippen LogP contribution in [0.4, 0.5) is 8.78 Å². The van der Waals surface area contributed by atoms with Crippen molar-refractivity contribution in [1.82, 2.24) is 20.1 Å². The summed E-state index contributed by atoms with van der Waals surface area (Å²) >= 11 is 0. The zero-order valence-corrected chi connectivity index (χ0v) is 15.2. The van der Waals surface area contributed by atoms with E-state index in [1.807, 2.05) is 0 Å². The first-order valence-corrected chi connectivity index (χ1v) is 9.34. The molecule has 2 aromatic rings. The molecule has 150 valence electrons. The van der Waals surface area contributed by atoms with Crippen LogP contribution in [0.25, 0.3) is 5.82 Å². The van der Waals surface area contributed by atoms with E-state index in [0.717, 1.165) is 29.9 Å². The zero-order chi connectivity index (χ0) is 19.9. The van der Waals surface area contributed by atoms with Gasteiger partial charge in [-0.15, -0.1) is 0 Å². The summed E-state index contributed by atoms with van der Waals surface area (Å²) in [5.74, 6) is -3.85. The van der Waals surface area contributed by atoms with Gasteiger partial charge in [0.2, 0.25) is 12.0 Å². The van der Waals surface area contributed by atoms with Gasteiger partial charge < -0.3 is 15.6 Å². The number of aliphatic hydroxyl groups excluding tert-OH is 1. The van der Waals surface area contributed by atoms with Crippen LogP contribution in [-0.2, 0) is 12.3 Å². The summed E-state index contributed by atoms with van der Waals surface area (Å²) in [4.78, 5) is 16.9. The molecule has 2 N–H and O–H groups in total. The molecule has 28 heavy (non-hydrogen) atoms. The molecule has 2 heterocycles. The van der Waals surface area contributed by atoms with Crippen LogP contribution in [0, 0.1) is 5.21 Å². The number of hydrogen-bond acceptors (Lipinski definition) is 5. The molecular formula is C18H21F2N5O3. The van der Waals surface area contributed by atoms with Gasteiger partial charge in [-0.25, -0.2) is 9.67 Å². The molecule has 1 amide bonds. The molecule has 1 saturated carbocycles. The van der Waals surface area contributed by atoms with E-state index >= 15 is 0 Å². The smallest absolute Gasteiger partial charge is 0.290 e. The Kier molecular flexibility index (Phi) is 4.53. The molecule has 2 aromatic heterocycles. The van der Waals surface area contributed by atoms with Crippen molar-refractivity contribution in [3.8, 4) is 5.82 Å². The Bertz CT molecular complexity index is 909. The van der Waals surface area contributed by atoms with E-state index < -0.39 is 23.1 Å². The van der Waals surface area contributed by atoms with Crippen LogP contribution in [0.3, 0.4) is 0 Å². The highest BCUT2D eigenvalue weighted by Crippen LogP contribution is 2.42. The molecule has 0 unspecified atom stereocenters. The van der Waals surface area contributed by atoms with Crippen molar-refractivity contribution >= 4 is 5.91 Å². The van der Waals surface area contributed by atoms with Crippen LogP contribution in [0.1, 0.15) is 60.3 Å². The summed E-state index contributed by atoms with van der Waals surface area (Å²) in [6.07, 6.45) is 6.52. The number of aliphatic hydroxyl groups is 1. The first-order chi connectivity index (χ1) is 13.4. The maximum atomic E-state index is 14.7. The van der Waals surface area contributed by atoms with Crippen molar-refractivity contribution < 1.29 is 23.4 Å². The maximum absolute atomic E-state index is 14.7. The zero-order valence-electron chi connectivity index (χ0n) is 15.2. The van der Waals surface area contributed by atoms with E-state index in [1.165, 1.54) is 6.20 Å². The molecule has 0 bridgehead atoms. The number of alkyl halides is 2. The predicted molar refractivity (Wildman–Crippen MR) is 92.9 cm³/mol. The van der Waals surface area contributed by atoms with Gasteiger partial charge in [0, 0.05) is 12.0 Å². The number of rotatable bonds is 4. The third kappa shape index (κ3) is 3.11. The van der Waals surface area contributed by atoms with Crippen molar-refractivity contribution in [1.29, 1.82) is 0 Å². The van der Waals surface area contributed by atoms with Gasteiger partial charge in [-0.05, 0) is 25.7 Å².